The molecule has 6 nitrogen and oxygen atoms in total. The summed E-state index contributed by atoms with van der Waals surface area (Å²) in [4.78, 5) is 23.0. The van der Waals surface area contributed by atoms with Gasteiger partial charge in [0.25, 0.3) is 0 Å². The molecule has 0 saturated carbocycles. The summed E-state index contributed by atoms with van der Waals surface area (Å²) < 4.78 is 10.6. The van der Waals surface area contributed by atoms with Gasteiger partial charge in [0, 0.05) is 24.0 Å². The van der Waals surface area contributed by atoms with Crippen LogP contribution in [0.5, 0.6) is 0 Å². The first kappa shape index (κ1) is 18.5. The van der Waals surface area contributed by atoms with Crippen molar-refractivity contribution in [1.82, 2.24) is 10.6 Å². The van der Waals surface area contributed by atoms with Crippen LogP contribution in [0.1, 0.15) is 39.0 Å². The summed E-state index contributed by atoms with van der Waals surface area (Å²) in [6, 6.07) is 0.498. The first-order chi connectivity index (χ1) is 11.2. The summed E-state index contributed by atoms with van der Waals surface area (Å²) in [5, 5.41) is 6.41. The second-order valence-corrected chi connectivity index (χ2v) is 7.34. The van der Waals surface area contributed by atoms with Crippen LogP contribution < -0.4 is 10.6 Å². The van der Waals surface area contributed by atoms with Crippen molar-refractivity contribution >= 4 is 23.6 Å². The van der Waals surface area contributed by atoms with Gasteiger partial charge in [-0.3, -0.25) is 4.79 Å². The number of carbonyl (C=O) groups is 2. The van der Waals surface area contributed by atoms with Crippen LogP contribution in [0.4, 0.5) is 4.79 Å². The van der Waals surface area contributed by atoms with E-state index in [4.69, 9.17) is 9.47 Å². The molecule has 2 amide bonds. The van der Waals surface area contributed by atoms with Gasteiger partial charge in [0.15, 0.2) is 5.78 Å². The first-order valence-electron chi connectivity index (χ1n) is 8.56. The number of ketones is 1. The monoisotopic (exact) mass is 344 g/mol. The minimum Gasteiger partial charge on any atom is -0.379 e. The Morgan fingerprint density at radius 1 is 1.22 bits per heavy atom. The van der Waals surface area contributed by atoms with E-state index < -0.39 is 0 Å². The Morgan fingerprint density at radius 2 is 2.04 bits per heavy atom. The van der Waals surface area contributed by atoms with E-state index >= 15 is 0 Å². The van der Waals surface area contributed by atoms with E-state index in [1.54, 1.807) is 0 Å². The number of urea groups is 1. The smallest absolute Gasteiger partial charge is 0.315 e. The average Bonchev–Trinajstić information content (AvgIpc) is 3.07. The van der Waals surface area contributed by atoms with E-state index in [1.165, 1.54) is 0 Å². The van der Waals surface area contributed by atoms with Gasteiger partial charge in [-0.05, 0) is 19.3 Å². The maximum Gasteiger partial charge on any atom is 0.315 e. The third-order valence-corrected chi connectivity index (χ3v) is 5.62. The lowest BCUT2D eigenvalue weighted by molar-refractivity contribution is -0.124. The van der Waals surface area contributed by atoms with Crippen molar-refractivity contribution < 1.29 is 19.1 Å². The van der Waals surface area contributed by atoms with E-state index in [0.29, 0.717) is 24.9 Å². The number of thioether (sulfide) groups is 1. The molecule has 2 saturated heterocycles. The molecule has 23 heavy (non-hydrogen) atoms. The zero-order valence-electron chi connectivity index (χ0n) is 13.8. The molecule has 0 aromatic rings. The van der Waals surface area contributed by atoms with Crippen LogP contribution >= 0.6 is 11.8 Å². The number of carbonyl (C=O) groups excluding carboxylic acids is 2. The summed E-state index contributed by atoms with van der Waals surface area (Å²) >= 11 is 1.92. The fourth-order valence-corrected chi connectivity index (χ4v) is 4.48. The molecule has 7 heteroatoms. The molecule has 132 valence electrons. The maximum absolute atomic E-state index is 11.7. The highest BCUT2D eigenvalue weighted by Gasteiger charge is 2.42. The number of unbranched alkanes of at least 4 members (excludes halogenated alkanes) is 1. The molecule has 2 aliphatic rings. The van der Waals surface area contributed by atoms with Gasteiger partial charge in [-0.1, -0.05) is 13.3 Å². The standard InChI is InChI=1S/C16H28N2O4S/c1-2-7-21-8-9-22-10-12(19)5-3-4-6-14-15-13(11-23-14)17-16(20)18-15/h13-15H,2-11H2,1H3,(H2,17,18,20)/t13-,14-,15-/m0/s1. The first-order valence-corrected chi connectivity index (χ1v) is 9.61. The minimum absolute atomic E-state index is 0.0412. The van der Waals surface area contributed by atoms with Gasteiger partial charge >= 0.3 is 6.03 Å². The Balaban J connectivity index is 1.46. The number of Topliss-reactive ketones (excluding diaryl/α,β-unsaturated/α-hetero) is 1. The van der Waals surface area contributed by atoms with Crippen LogP contribution in [0.3, 0.4) is 0 Å². The summed E-state index contributed by atoms with van der Waals surface area (Å²) in [6.45, 7) is 4.04. The fraction of sp³-hybridized carbons (Fsp3) is 0.875. The SMILES string of the molecule is CCCOCCOCC(=O)CCCC[C@@H]1SC[C@@H]2NC(=O)N[C@@H]21. The van der Waals surface area contributed by atoms with E-state index in [0.717, 1.165) is 38.0 Å². The Labute approximate surface area is 142 Å². The van der Waals surface area contributed by atoms with Crippen molar-refractivity contribution in [1.29, 1.82) is 0 Å². The summed E-state index contributed by atoms with van der Waals surface area (Å²) in [6.07, 6.45) is 4.53. The van der Waals surface area contributed by atoms with Gasteiger partial charge in [-0.25, -0.2) is 4.79 Å². The summed E-state index contributed by atoms with van der Waals surface area (Å²) in [5.74, 6) is 1.15. The number of amides is 2. The van der Waals surface area contributed by atoms with Gasteiger partial charge in [-0.2, -0.15) is 11.8 Å². The third kappa shape index (κ3) is 6.31. The molecule has 2 fully saturated rings. The quantitative estimate of drug-likeness (QED) is 0.416. The van der Waals surface area contributed by atoms with Crippen LogP contribution in [0.25, 0.3) is 0 Å². The highest BCUT2D eigenvalue weighted by Crippen LogP contribution is 2.33. The van der Waals surface area contributed by atoms with E-state index in [1.807, 2.05) is 11.8 Å². The molecule has 0 aromatic heterocycles. The zero-order valence-corrected chi connectivity index (χ0v) is 14.7. The number of hydrogen-bond acceptors (Lipinski definition) is 5. The molecule has 2 rings (SSSR count). The minimum atomic E-state index is -0.0412. The average molecular weight is 344 g/mol. The van der Waals surface area contributed by atoms with Crippen molar-refractivity contribution in [2.75, 3.05) is 32.2 Å². The Kier molecular flexibility index (Phi) is 8.19. The highest BCUT2D eigenvalue weighted by atomic mass is 32.2. The van der Waals surface area contributed by atoms with Gasteiger partial charge in [0.05, 0.1) is 25.3 Å². The van der Waals surface area contributed by atoms with Gasteiger partial charge in [0.2, 0.25) is 0 Å². The lowest BCUT2D eigenvalue weighted by Crippen LogP contribution is -2.36. The highest BCUT2D eigenvalue weighted by molar-refractivity contribution is 8.00. The normalized spacial score (nSPS) is 26.0. The Bertz CT molecular complexity index is 394. The lowest BCUT2D eigenvalue weighted by Gasteiger charge is -2.16. The second kappa shape index (κ2) is 10.2. The molecule has 2 aliphatic heterocycles. The topological polar surface area (TPSA) is 76.7 Å². The largest absolute Gasteiger partial charge is 0.379 e. The number of hydrogen-bond donors (Lipinski definition) is 2. The lowest BCUT2D eigenvalue weighted by atomic mass is 10.0. The Hall–Kier alpha value is -0.790. The van der Waals surface area contributed by atoms with Crippen molar-refractivity contribution in [3.8, 4) is 0 Å². The van der Waals surface area contributed by atoms with E-state index in [-0.39, 0.29) is 30.5 Å². The number of rotatable bonds is 12. The summed E-state index contributed by atoms with van der Waals surface area (Å²) in [7, 11) is 0. The molecule has 2 N–H and O–H groups in total. The van der Waals surface area contributed by atoms with Crippen molar-refractivity contribution in [3.05, 3.63) is 0 Å². The van der Waals surface area contributed by atoms with E-state index in [9.17, 15) is 9.59 Å². The number of nitrogens with one attached hydrogen (secondary N) is 2. The van der Waals surface area contributed by atoms with Crippen LogP contribution in [-0.2, 0) is 14.3 Å². The predicted molar refractivity (Wildman–Crippen MR) is 90.9 cm³/mol. The van der Waals surface area contributed by atoms with Crippen LogP contribution in [0.15, 0.2) is 0 Å². The third-order valence-electron chi connectivity index (χ3n) is 4.12. The maximum atomic E-state index is 11.7. The molecular formula is C16H28N2O4S. The Morgan fingerprint density at radius 3 is 2.87 bits per heavy atom. The molecule has 3 atom stereocenters. The molecule has 0 unspecified atom stereocenters. The van der Waals surface area contributed by atoms with E-state index in [2.05, 4.69) is 17.6 Å². The molecule has 2 heterocycles. The molecule has 0 aliphatic carbocycles. The second-order valence-electron chi connectivity index (χ2n) is 6.07. The summed E-state index contributed by atoms with van der Waals surface area (Å²) in [5.41, 5.74) is 0. The fourth-order valence-electron chi connectivity index (χ4n) is 2.93. The molecule has 0 aromatic carbocycles. The van der Waals surface area contributed by atoms with Gasteiger partial charge < -0.3 is 20.1 Å². The van der Waals surface area contributed by atoms with Crippen molar-refractivity contribution in [3.63, 3.8) is 0 Å². The van der Waals surface area contributed by atoms with Crippen molar-refractivity contribution in [2.24, 2.45) is 0 Å². The van der Waals surface area contributed by atoms with Gasteiger partial charge in [0.1, 0.15) is 6.61 Å². The van der Waals surface area contributed by atoms with Crippen LogP contribution in [0.2, 0.25) is 0 Å². The predicted octanol–water partition coefficient (Wildman–Crippen LogP) is 1.72. The molecule has 0 radical (unpaired) electrons. The molecule has 0 bridgehead atoms. The molecule has 0 spiro atoms. The van der Waals surface area contributed by atoms with Crippen LogP contribution in [-0.4, -0.2) is 61.3 Å². The van der Waals surface area contributed by atoms with Crippen molar-refractivity contribution in [2.45, 2.75) is 56.4 Å². The molecular weight excluding hydrogens is 316 g/mol. The zero-order chi connectivity index (χ0) is 16.5. The van der Waals surface area contributed by atoms with Crippen LogP contribution in [0, 0.1) is 0 Å². The van der Waals surface area contributed by atoms with Gasteiger partial charge in [-0.15, -0.1) is 0 Å². The number of fused-ring (bicyclic) bond motifs is 1. The number of ether oxygens (including phenoxy) is 2.